The van der Waals surface area contributed by atoms with Crippen LogP contribution >= 0.6 is 0 Å². The van der Waals surface area contributed by atoms with Crippen molar-refractivity contribution in [1.82, 2.24) is 4.90 Å². The second-order valence-corrected chi connectivity index (χ2v) is 6.97. The second kappa shape index (κ2) is 7.99. The number of carbonyl (C=O) groups excluding carboxylic acids is 4. The lowest BCUT2D eigenvalue weighted by Gasteiger charge is -2.34. The topological polar surface area (TPSA) is 145 Å². The van der Waals surface area contributed by atoms with Gasteiger partial charge in [0.2, 0.25) is 11.8 Å². The molecule has 2 aliphatic rings. The highest BCUT2D eigenvalue weighted by Gasteiger charge is 2.45. The van der Waals surface area contributed by atoms with Gasteiger partial charge >= 0.3 is 6.09 Å². The van der Waals surface area contributed by atoms with E-state index in [9.17, 15) is 19.2 Å². The lowest BCUT2D eigenvalue weighted by Crippen LogP contribution is -2.51. The molecule has 1 aromatic carbocycles. The fourth-order valence-electron chi connectivity index (χ4n) is 3.77. The summed E-state index contributed by atoms with van der Waals surface area (Å²) in [6, 6.07) is 2.58. The van der Waals surface area contributed by atoms with Gasteiger partial charge in [-0.05, 0) is 30.5 Å². The number of nitrogens with zero attached hydrogens (tertiary/aromatic N) is 2. The fourth-order valence-corrected chi connectivity index (χ4v) is 3.77. The second-order valence-electron chi connectivity index (χ2n) is 6.97. The number of aryl methyl sites for hydroxylation is 1. The van der Waals surface area contributed by atoms with E-state index in [1.807, 2.05) is 0 Å². The molecule has 0 aromatic heterocycles. The minimum atomic E-state index is -1.07. The third-order valence-electron chi connectivity index (χ3n) is 4.97. The van der Waals surface area contributed by atoms with Gasteiger partial charge in [-0.1, -0.05) is 12.1 Å². The van der Waals surface area contributed by atoms with Crippen molar-refractivity contribution in [3.8, 4) is 5.75 Å². The number of amides is 4. The molecule has 158 valence electrons. The third kappa shape index (κ3) is 3.64. The average Bonchev–Trinajstić information content (AvgIpc) is 3.05. The van der Waals surface area contributed by atoms with Crippen molar-refractivity contribution in [3.05, 3.63) is 47.2 Å². The summed E-state index contributed by atoms with van der Waals surface area (Å²) in [7, 11) is 1.41. The van der Waals surface area contributed by atoms with Crippen LogP contribution in [0, 0.1) is 6.92 Å². The molecule has 1 aromatic rings. The summed E-state index contributed by atoms with van der Waals surface area (Å²) >= 11 is 0. The molecule has 2 heterocycles. The van der Waals surface area contributed by atoms with E-state index < -0.39 is 36.1 Å². The molecule has 0 fully saturated rings. The molecule has 0 spiro atoms. The first-order valence-corrected chi connectivity index (χ1v) is 9.10. The van der Waals surface area contributed by atoms with Gasteiger partial charge in [-0.3, -0.25) is 19.3 Å². The van der Waals surface area contributed by atoms with Gasteiger partial charge in [0.05, 0.1) is 11.6 Å². The van der Waals surface area contributed by atoms with Crippen LogP contribution in [-0.4, -0.2) is 48.1 Å². The predicted octanol–water partition coefficient (Wildman–Crippen LogP) is 0.931. The molecule has 2 atom stereocenters. The molecule has 0 saturated heterocycles. The summed E-state index contributed by atoms with van der Waals surface area (Å²) in [5.41, 5.74) is 11.8. The molecule has 10 nitrogen and oxygen atoms in total. The van der Waals surface area contributed by atoms with Gasteiger partial charge in [0.15, 0.2) is 12.0 Å². The average molecular weight is 414 g/mol. The van der Waals surface area contributed by atoms with Gasteiger partial charge in [0.25, 0.3) is 5.91 Å². The number of fused-ring (bicyclic) bond motifs is 2. The van der Waals surface area contributed by atoms with E-state index in [1.165, 1.54) is 36.0 Å². The van der Waals surface area contributed by atoms with Crippen LogP contribution in [0.25, 0.3) is 0 Å². The van der Waals surface area contributed by atoms with Gasteiger partial charge in [0.1, 0.15) is 5.69 Å². The SMILES string of the molecule is COC1C2CC(/C=C/C(N)=O)=CN2C(=O)c2ccc(C)c(OC(N)=O)c2N1C(C)=O. The lowest BCUT2D eigenvalue weighted by atomic mass is 10.1. The van der Waals surface area contributed by atoms with Crippen LogP contribution in [0.3, 0.4) is 0 Å². The number of nitrogens with two attached hydrogens (primary N) is 2. The van der Waals surface area contributed by atoms with Crippen molar-refractivity contribution in [2.45, 2.75) is 32.5 Å². The van der Waals surface area contributed by atoms with E-state index in [1.54, 1.807) is 25.3 Å². The van der Waals surface area contributed by atoms with E-state index in [4.69, 9.17) is 20.9 Å². The standard InChI is InChI=1S/C20H22N4O6/c1-10-4-6-13-16(17(10)30-20(22)28)24(11(2)25)19(29-3)14-8-12(5-7-15(21)26)9-23(14)18(13)27/h4-7,9,14,19H,8H2,1-3H3,(H2,21,26)(H2,22,28)/b7-5+. The van der Waals surface area contributed by atoms with Crippen LogP contribution in [0.4, 0.5) is 10.5 Å². The first kappa shape index (κ1) is 21.1. The van der Waals surface area contributed by atoms with E-state index in [0.717, 1.165) is 0 Å². The third-order valence-corrected chi connectivity index (χ3v) is 4.97. The van der Waals surface area contributed by atoms with Gasteiger partial charge in [-0.2, -0.15) is 0 Å². The molecule has 30 heavy (non-hydrogen) atoms. The summed E-state index contributed by atoms with van der Waals surface area (Å²) in [5, 5.41) is 0. The quantitative estimate of drug-likeness (QED) is 0.701. The van der Waals surface area contributed by atoms with Crippen molar-refractivity contribution >= 4 is 29.5 Å². The maximum atomic E-state index is 13.4. The number of methoxy groups -OCH3 is 1. The number of carbonyl (C=O) groups is 4. The Labute approximate surface area is 172 Å². The summed E-state index contributed by atoms with van der Waals surface area (Å²) in [4.78, 5) is 51.3. The minimum Gasteiger partial charge on any atom is -0.408 e. The molecule has 0 aliphatic carbocycles. The van der Waals surface area contributed by atoms with E-state index in [-0.39, 0.29) is 17.0 Å². The Morgan fingerprint density at radius 3 is 2.50 bits per heavy atom. The minimum absolute atomic E-state index is 0.0181. The first-order valence-electron chi connectivity index (χ1n) is 9.10. The van der Waals surface area contributed by atoms with Crippen molar-refractivity contribution in [2.24, 2.45) is 11.5 Å². The molecule has 3 rings (SSSR count). The van der Waals surface area contributed by atoms with Crippen LogP contribution in [0.1, 0.15) is 29.3 Å². The van der Waals surface area contributed by atoms with Crippen molar-refractivity contribution in [1.29, 1.82) is 0 Å². The maximum absolute atomic E-state index is 13.4. The number of rotatable bonds is 4. The number of hydrogen-bond acceptors (Lipinski definition) is 6. The molecular weight excluding hydrogens is 392 g/mol. The van der Waals surface area contributed by atoms with Crippen molar-refractivity contribution in [3.63, 3.8) is 0 Å². The number of ether oxygens (including phenoxy) is 2. The summed E-state index contributed by atoms with van der Waals surface area (Å²) in [6.45, 7) is 2.99. The van der Waals surface area contributed by atoms with E-state index in [0.29, 0.717) is 17.6 Å². The van der Waals surface area contributed by atoms with Crippen LogP contribution in [-0.2, 0) is 14.3 Å². The van der Waals surface area contributed by atoms with Gasteiger partial charge in [0, 0.05) is 26.3 Å². The molecule has 4 N–H and O–H groups in total. The molecule has 2 unspecified atom stereocenters. The number of primary amides is 2. The van der Waals surface area contributed by atoms with Gasteiger partial charge < -0.3 is 25.8 Å². The van der Waals surface area contributed by atoms with Crippen molar-refractivity contribution < 1.29 is 28.7 Å². The molecule has 2 aliphatic heterocycles. The summed E-state index contributed by atoms with van der Waals surface area (Å²) in [6.07, 6.45) is 2.66. The Hall–Kier alpha value is -3.66. The predicted molar refractivity (Wildman–Crippen MR) is 106 cm³/mol. The Morgan fingerprint density at radius 1 is 1.23 bits per heavy atom. The van der Waals surface area contributed by atoms with Crippen molar-refractivity contribution in [2.75, 3.05) is 12.0 Å². The zero-order valence-corrected chi connectivity index (χ0v) is 16.7. The smallest absolute Gasteiger partial charge is 0.408 e. The maximum Gasteiger partial charge on any atom is 0.410 e. The Balaban J connectivity index is 2.23. The van der Waals surface area contributed by atoms with E-state index >= 15 is 0 Å². The summed E-state index contributed by atoms with van der Waals surface area (Å²) in [5.74, 6) is -1.44. The summed E-state index contributed by atoms with van der Waals surface area (Å²) < 4.78 is 10.8. The molecule has 10 heteroatoms. The zero-order valence-electron chi connectivity index (χ0n) is 16.7. The number of benzene rings is 1. The Bertz CT molecular complexity index is 999. The van der Waals surface area contributed by atoms with Gasteiger partial charge in [-0.25, -0.2) is 4.79 Å². The molecule has 0 radical (unpaired) electrons. The Morgan fingerprint density at radius 2 is 1.93 bits per heavy atom. The van der Waals surface area contributed by atoms with E-state index in [2.05, 4.69) is 0 Å². The number of anilines is 1. The number of allylic oxidation sites excluding steroid dienone is 1. The monoisotopic (exact) mass is 414 g/mol. The lowest BCUT2D eigenvalue weighted by molar-refractivity contribution is -0.119. The van der Waals surface area contributed by atoms with Crippen LogP contribution in [0.2, 0.25) is 0 Å². The fraction of sp³-hybridized carbons (Fsp3) is 0.300. The molecular formula is C20H22N4O6. The molecule has 4 amide bonds. The van der Waals surface area contributed by atoms with Crippen LogP contribution in [0.5, 0.6) is 5.75 Å². The normalized spacial score (nSPS) is 20.5. The van der Waals surface area contributed by atoms with Crippen LogP contribution < -0.4 is 21.1 Å². The van der Waals surface area contributed by atoms with Gasteiger partial charge in [-0.15, -0.1) is 0 Å². The highest BCUT2D eigenvalue weighted by Crippen LogP contribution is 2.43. The highest BCUT2D eigenvalue weighted by atomic mass is 16.5. The zero-order chi connectivity index (χ0) is 22.2. The largest absolute Gasteiger partial charge is 0.410 e. The highest BCUT2D eigenvalue weighted by molar-refractivity contribution is 6.08. The first-order chi connectivity index (χ1) is 14.1. The van der Waals surface area contributed by atoms with Crippen LogP contribution in [0.15, 0.2) is 36.1 Å². The number of hydrogen-bond donors (Lipinski definition) is 2. The Kier molecular flexibility index (Phi) is 5.61. The molecule has 0 bridgehead atoms. The molecule has 0 saturated carbocycles.